The summed E-state index contributed by atoms with van der Waals surface area (Å²) in [5, 5.41) is 9.65. The van der Waals surface area contributed by atoms with E-state index in [1.807, 2.05) is 27.7 Å². The number of aryl methyl sites for hydroxylation is 1. The Hall–Kier alpha value is -1.14. The van der Waals surface area contributed by atoms with Crippen molar-refractivity contribution in [1.29, 1.82) is 0 Å². The summed E-state index contributed by atoms with van der Waals surface area (Å²) < 4.78 is 5.25. The van der Waals surface area contributed by atoms with Gasteiger partial charge < -0.3 is 15.4 Å². The number of rotatable bonds is 4. The molecule has 6 heteroatoms. The SMILES string of the molecule is Cc1nc(C(C)NC2CC(NC(=O)OC(C)(C)C)C2)cs1. The Kier molecular flexibility index (Phi) is 4.88. The monoisotopic (exact) mass is 311 g/mol. The Balaban J connectivity index is 1.68. The molecule has 1 aromatic heterocycles. The molecule has 0 aromatic carbocycles. The number of nitrogens with one attached hydrogen (secondary N) is 2. The quantitative estimate of drug-likeness (QED) is 0.896. The summed E-state index contributed by atoms with van der Waals surface area (Å²) >= 11 is 1.67. The van der Waals surface area contributed by atoms with Gasteiger partial charge in [0.15, 0.2) is 0 Å². The summed E-state index contributed by atoms with van der Waals surface area (Å²) in [6.07, 6.45) is 1.55. The van der Waals surface area contributed by atoms with Crippen LogP contribution in [-0.4, -0.2) is 28.8 Å². The molecule has 1 saturated carbocycles. The zero-order valence-corrected chi connectivity index (χ0v) is 14.2. The minimum atomic E-state index is -0.442. The molecule has 1 atom stereocenters. The topological polar surface area (TPSA) is 63.2 Å². The summed E-state index contributed by atoms with van der Waals surface area (Å²) in [5.41, 5.74) is 0.656. The lowest BCUT2D eigenvalue weighted by molar-refractivity contribution is 0.0463. The van der Waals surface area contributed by atoms with Gasteiger partial charge in [-0.1, -0.05) is 0 Å². The van der Waals surface area contributed by atoms with E-state index in [1.54, 1.807) is 11.3 Å². The van der Waals surface area contributed by atoms with Crippen LogP contribution in [0, 0.1) is 6.92 Å². The second-order valence-corrected chi connectivity index (χ2v) is 7.75. The number of nitrogens with zero attached hydrogens (tertiary/aromatic N) is 1. The van der Waals surface area contributed by atoms with Crippen LogP contribution in [0.5, 0.6) is 0 Å². The number of carbonyl (C=O) groups is 1. The van der Waals surface area contributed by atoms with Gasteiger partial charge in [0, 0.05) is 23.5 Å². The number of aromatic nitrogens is 1. The molecule has 1 aliphatic rings. The average Bonchev–Trinajstić information content (AvgIpc) is 2.70. The van der Waals surface area contributed by atoms with E-state index in [0.717, 1.165) is 23.5 Å². The summed E-state index contributed by atoms with van der Waals surface area (Å²) in [4.78, 5) is 16.1. The number of hydrogen-bond acceptors (Lipinski definition) is 5. The van der Waals surface area contributed by atoms with Crippen molar-refractivity contribution in [3.05, 3.63) is 16.1 Å². The third-order valence-corrected chi connectivity index (χ3v) is 4.22. The van der Waals surface area contributed by atoms with Crippen LogP contribution in [-0.2, 0) is 4.74 Å². The van der Waals surface area contributed by atoms with Crippen LogP contribution < -0.4 is 10.6 Å². The van der Waals surface area contributed by atoms with Crippen molar-refractivity contribution < 1.29 is 9.53 Å². The van der Waals surface area contributed by atoms with Crippen molar-refractivity contribution in [2.45, 2.75) is 71.2 Å². The zero-order chi connectivity index (χ0) is 15.6. The van der Waals surface area contributed by atoms with Gasteiger partial charge in [-0.3, -0.25) is 0 Å². The van der Waals surface area contributed by atoms with E-state index >= 15 is 0 Å². The maximum absolute atomic E-state index is 11.7. The second-order valence-electron chi connectivity index (χ2n) is 6.69. The van der Waals surface area contributed by atoms with Gasteiger partial charge in [0.05, 0.1) is 10.7 Å². The smallest absolute Gasteiger partial charge is 0.407 e. The van der Waals surface area contributed by atoms with Crippen molar-refractivity contribution in [3.63, 3.8) is 0 Å². The van der Waals surface area contributed by atoms with Gasteiger partial charge in [0.25, 0.3) is 0 Å². The maximum Gasteiger partial charge on any atom is 0.407 e. The molecule has 21 heavy (non-hydrogen) atoms. The Labute approximate surface area is 130 Å². The molecule has 1 unspecified atom stereocenters. The van der Waals surface area contributed by atoms with Crippen LogP contribution >= 0.6 is 11.3 Å². The van der Waals surface area contributed by atoms with Crippen LogP contribution in [0.2, 0.25) is 0 Å². The van der Waals surface area contributed by atoms with Gasteiger partial charge in [0.1, 0.15) is 5.60 Å². The minimum Gasteiger partial charge on any atom is -0.444 e. The number of carbonyl (C=O) groups excluding carboxylic acids is 1. The lowest BCUT2D eigenvalue weighted by Crippen LogP contribution is -2.53. The predicted molar refractivity (Wildman–Crippen MR) is 84.6 cm³/mol. The average molecular weight is 311 g/mol. The van der Waals surface area contributed by atoms with E-state index < -0.39 is 5.60 Å². The molecule has 5 nitrogen and oxygen atoms in total. The third kappa shape index (κ3) is 4.97. The number of amides is 1. The molecule has 1 fully saturated rings. The van der Waals surface area contributed by atoms with Crippen molar-refractivity contribution in [3.8, 4) is 0 Å². The van der Waals surface area contributed by atoms with Crippen molar-refractivity contribution in [2.24, 2.45) is 0 Å². The normalized spacial score (nSPS) is 23.3. The van der Waals surface area contributed by atoms with E-state index in [-0.39, 0.29) is 18.2 Å². The van der Waals surface area contributed by atoms with E-state index in [0.29, 0.717) is 6.04 Å². The van der Waals surface area contributed by atoms with E-state index in [9.17, 15) is 4.79 Å². The molecule has 118 valence electrons. The van der Waals surface area contributed by atoms with E-state index in [2.05, 4.69) is 27.9 Å². The Morgan fingerprint density at radius 1 is 1.43 bits per heavy atom. The molecule has 2 rings (SSSR count). The summed E-state index contributed by atoms with van der Waals surface area (Å²) in [7, 11) is 0. The van der Waals surface area contributed by atoms with Gasteiger partial charge in [0.2, 0.25) is 0 Å². The highest BCUT2D eigenvalue weighted by atomic mass is 32.1. The Bertz CT molecular complexity index is 489. The largest absolute Gasteiger partial charge is 0.444 e. The van der Waals surface area contributed by atoms with E-state index in [4.69, 9.17) is 4.74 Å². The molecule has 0 bridgehead atoms. The van der Waals surface area contributed by atoms with Gasteiger partial charge >= 0.3 is 6.09 Å². The van der Waals surface area contributed by atoms with Crippen molar-refractivity contribution in [2.75, 3.05) is 0 Å². The van der Waals surface area contributed by atoms with Gasteiger partial charge in [-0.05, 0) is 47.5 Å². The van der Waals surface area contributed by atoms with Crippen molar-refractivity contribution in [1.82, 2.24) is 15.6 Å². The molecule has 1 amide bonds. The molecule has 0 spiro atoms. The van der Waals surface area contributed by atoms with Crippen LogP contribution in [0.25, 0.3) is 0 Å². The highest BCUT2D eigenvalue weighted by Crippen LogP contribution is 2.24. The fraction of sp³-hybridized carbons (Fsp3) is 0.733. The predicted octanol–water partition coefficient (Wildman–Crippen LogP) is 3.16. The summed E-state index contributed by atoms with van der Waals surface area (Å²) in [6, 6.07) is 0.895. The molecular weight excluding hydrogens is 286 g/mol. The first-order valence-corrected chi connectivity index (χ1v) is 8.28. The lowest BCUT2D eigenvalue weighted by atomic mass is 9.86. The van der Waals surface area contributed by atoms with Crippen molar-refractivity contribution >= 4 is 17.4 Å². The molecular formula is C15H25N3O2S. The molecule has 0 radical (unpaired) electrons. The van der Waals surface area contributed by atoms with Crippen LogP contribution in [0.15, 0.2) is 5.38 Å². The highest BCUT2D eigenvalue weighted by molar-refractivity contribution is 7.09. The standard InChI is InChI=1S/C15H25N3O2S/c1-9(13-8-21-10(2)17-13)16-11-6-12(7-11)18-14(19)20-15(3,4)5/h8-9,11-12,16H,6-7H2,1-5H3,(H,18,19). The number of ether oxygens (including phenoxy) is 1. The molecule has 0 aliphatic heterocycles. The first-order chi connectivity index (χ1) is 9.73. The molecule has 1 heterocycles. The van der Waals surface area contributed by atoms with Gasteiger partial charge in [-0.2, -0.15) is 0 Å². The minimum absolute atomic E-state index is 0.210. The molecule has 2 N–H and O–H groups in total. The first kappa shape index (κ1) is 16.2. The van der Waals surface area contributed by atoms with Gasteiger partial charge in [-0.25, -0.2) is 9.78 Å². The maximum atomic E-state index is 11.7. The molecule has 1 aromatic rings. The van der Waals surface area contributed by atoms with E-state index in [1.165, 1.54) is 0 Å². The van der Waals surface area contributed by atoms with Crippen LogP contribution in [0.1, 0.15) is 57.3 Å². The fourth-order valence-electron chi connectivity index (χ4n) is 2.36. The summed E-state index contributed by atoms with van der Waals surface area (Å²) in [6.45, 7) is 9.76. The van der Waals surface area contributed by atoms with Crippen LogP contribution in [0.3, 0.4) is 0 Å². The first-order valence-electron chi connectivity index (χ1n) is 7.40. The second kappa shape index (κ2) is 6.32. The lowest BCUT2D eigenvalue weighted by Gasteiger charge is -2.38. The molecule has 1 aliphatic carbocycles. The third-order valence-electron chi connectivity index (χ3n) is 3.43. The van der Waals surface area contributed by atoms with Crippen LogP contribution in [0.4, 0.5) is 4.79 Å². The number of hydrogen-bond donors (Lipinski definition) is 2. The Morgan fingerprint density at radius 3 is 2.62 bits per heavy atom. The summed E-state index contributed by atoms with van der Waals surface area (Å²) in [5.74, 6) is 0. The molecule has 0 saturated heterocycles. The Morgan fingerprint density at radius 2 is 2.10 bits per heavy atom. The fourth-order valence-corrected chi connectivity index (χ4v) is 3.07. The van der Waals surface area contributed by atoms with Gasteiger partial charge in [-0.15, -0.1) is 11.3 Å². The number of thiazole rings is 1. The highest BCUT2D eigenvalue weighted by Gasteiger charge is 2.32. The zero-order valence-electron chi connectivity index (χ0n) is 13.4. The number of alkyl carbamates (subject to hydrolysis) is 1.